The summed E-state index contributed by atoms with van der Waals surface area (Å²) >= 11 is 5.56. The van der Waals surface area contributed by atoms with Crippen LogP contribution in [0.1, 0.15) is 32.6 Å². The zero-order valence-corrected chi connectivity index (χ0v) is 10.5. The lowest BCUT2D eigenvalue weighted by atomic mass is 9.79. The quantitative estimate of drug-likeness (QED) is 0.783. The van der Waals surface area contributed by atoms with Gasteiger partial charge in [0.2, 0.25) is 0 Å². The molecule has 1 aliphatic carbocycles. The first kappa shape index (κ1) is 13.5. The van der Waals surface area contributed by atoms with Crippen molar-refractivity contribution in [2.75, 3.05) is 13.1 Å². The van der Waals surface area contributed by atoms with Gasteiger partial charge in [-0.15, -0.1) is 0 Å². The van der Waals surface area contributed by atoms with Crippen LogP contribution in [0, 0.1) is 11.8 Å². The van der Waals surface area contributed by atoms with Gasteiger partial charge in [0.05, 0.1) is 5.92 Å². The summed E-state index contributed by atoms with van der Waals surface area (Å²) in [6.45, 7) is 3.47. The minimum atomic E-state index is -0.642. The van der Waals surface area contributed by atoms with Crippen LogP contribution in [0.15, 0.2) is 11.1 Å². The third-order valence-electron chi connectivity index (χ3n) is 3.22. The van der Waals surface area contributed by atoms with Crippen molar-refractivity contribution in [1.82, 2.24) is 5.32 Å². The SMILES string of the molecule is CC(=CCl)CNCC1CCCCC1C(=O)O. The molecule has 2 atom stereocenters. The highest BCUT2D eigenvalue weighted by atomic mass is 35.5. The molecule has 0 aromatic carbocycles. The van der Waals surface area contributed by atoms with Crippen molar-refractivity contribution in [1.29, 1.82) is 0 Å². The predicted molar refractivity (Wildman–Crippen MR) is 65.6 cm³/mol. The summed E-state index contributed by atoms with van der Waals surface area (Å²) in [6.07, 6.45) is 4.05. The molecule has 0 amide bonds. The molecule has 0 bridgehead atoms. The van der Waals surface area contributed by atoms with Crippen LogP contribution in [0.4, 0.5) is 0 Å². The van der Waals surface area contributed by atoms with Crippen LogP contribution in [0.5, 0.6) is 0 Å². The number of nitrogens with one attached hydrogen (secondary N) is 1. The van der Waals surface area contributed by atoms with Crippen molar-refractivity contribution >= 4 is 17.6 Å². The van der Waals surface area contributed by atoms with Crippen LogP contribution in [-0.4, -0.2) is 24.2 Å². The smallest absolute Gasteiger partial charge is 0.306 e. The molecule has 0 aliphatic heterocycles. The number of hydrogen-bond donors (Lipinski definition) is 2. The van der Waals surface area contributed by atoms with Crippen molar-refractivity contribution in [3.8, 4) is 0 Å². The van der Waals surface area contributed by atoms with Gasteiger partial charge in [0.15, 0.2) is 0 Å². The Labute approximate surface area is 102 Å². The first-order valence-corrected chi connectivity index (χ1v) is 6.28. The van der Waals surface area contributed by atoms with Crippen molar-refractivity contribution in [3.05, 3.63) is 11.1 Å². The fourth-order valence-electron chi connectivity index (χ4n) is 2.27. The molecule has 0 aromatic heterocycles. The molecular formula is C12H20ClNO2. The maximum atomic E-state index is 11.1. The zero-order chi connectivity index (χ0) is 12.0. The van der Waals surface area contributed by atoms with E-state index in [4.69, 9.17) is 16.7 Å². The van der Waals surface area contributed by atoms with Gasteiger partial charge in [-0.1, -0.05) is 24.4 Å². The van der Waals surface area contributed by atoms with Crippen LogP contribution in [0.25, 0.3) is 0 Å². The number of rotatable bonds is 5. The molecule has 4 heteroatoms. The number of carboxylic acids is 1. The molecule has 1 saturated carbocycles. The summed E-state index contributed by atoms with van der Waals surface area (Å²) in [7, 11) is 0. The molecule has 3 nitrogen and oxygen atoms in total. The lowest BCUT2D eigenvalue weighted by Gasteiger charge is -2.28. The summed E-state index contributed by atoms with van der Waals surface area (Å²) in [5.41, 5.74) is 2.63. The third-order valence-corrected chi connectivity index (χ3v) is 3.60. The van der Waals surface area contributed by atoms with Crippen LogP contribution in [0.2, 0.25) is 0 Å². The van der Waals surface area contributed by atoms with Gasteiger partial charge in [0, 0.05) is 12.1 Å². The maximum absolute atomic E-state index is 11.1. The lowest BCUT2D eigenvalue weighted by Crippen LogP contribution is -2.35. The molecule has 1 aliphatic rings. The summed E-state index contributed by atoms with van der Waals surface area (Å²) < 4.78 is 0. The van der Waals surface area contributed by atoms with Gasteiger partial charge in [-0.2, -0.15) is 0 Å². The Bertz CT molecular complexity index is 266. The van der Waals surface area contributed by atoms with E-state index in [1.165, 1.54) is 0 Å². The van der Waals surface area contributed by atoms with E-state index in [9.17, 15) is 4.79 Å². The van der Waals surface area contributed by atoms with E-state index in [1.54, 1.807) is 5.54 Å². The number of carbonyl (C=O) groups is 1. The minimum Gasteiger partial charge on any atom is -0.481 e. The fraction of sp³-hybridized carbons (Fsp3) is 0.750. The van der Waals surface area contributed by atoms with Crippen LogP contribution >= 0.6 is 11.6 Å². The van der Waals surface area contributed by atoms with Gasteiger partial charge in [0.1, 0.15) is 0 Å². The highest BCUT2D eigenvalue weighted by molar-refractivity contribution is 6.25. The van der Waals surface area contributed by atoms with Crippen LogP contribution < -0.4 is 5.32 Å². The largest absolute Gasteiger partial charge is 0.481 e. The predicted octanol–water partition coefficient (Wildman–Crippen LogP) is 2.61. The molecule has 0 heterocycles. The van der Waals surface area contributed by atoms with E-state index in [0.717, 1.165) is 44.3 Å². The zero-order valence-electron chi connectivity index (χ0n) is 9.71. The van der Waals surface area contributed by atoms with Crippen LogP contribution in [-0.2, 0) is 4.79 Å². The third kappa shape index (κ3) is 4.14. The van der Waals surface area contributed by atoms with E-state index in [1.807, 2.05) is 6.92 Å². The van der Waals surface area contributed by atoms with E-state index in [0.29, 0.717) is 0 Å². The Morgan fingerprint density at radius 2 is 2.19 bits per heavy atom. The summed E-state index contributed by atoms with van der Waals surface area (Å²) in [5.74, 6) is -0.535. The van der Waals surface area contributed by atoms with Gasteiger partial charge < -0.3 is 10.4 Å². The Morgan fingerprint density at radius 1 is 1.50 bits per heavy atom. The molecule has 16 heavy (non-hydrogen) atoms. The molecule has 92 valence electrons. The Morgan fingerprint density at radius 3 is 2.81 bits per heavy atom. The van der Waals surface area contributed by atoms with E-state index in [-0.39, 0.29) is 11.8 Å². The van der Waals surface area contributed by atoms with Gasteiger partial charge in [0.25, 0.3) is 0 Å². The first-order chi connectivity index (χ1) is 7.65. The van der Waals surface area contributed by atoms with Crippen molar-refractivity contribution in [2.45, 2.75) is 32.6 Å². The summed E-state index contributed by atoms with van der Waals surface area (Å²) in [4.78, 5) is 11.1. The van der Waals surface area contributed by atoms with Crippen molar-refractivity contribution in [2.24, 2.45) is 11.8 Å². The molecule has 1 rings (SSSR count). The maximum Gasteiger partial charge on any atom is 0.306 e. The molecule has 0 spiro atoms. The van der Waals surface area contributed by atoms with E-state index < -0.39 is 5.97 Å². The minimum absolute atomic E-state index is 0.165. The number of hydrogen-bond acceptors (Lipinski definition) is 2. The van der Waals surface area contributed by atoms with E-state index >= 15 is 0 Å². The monoisotopic (exact) mass is 245 g/mol. The second-order valence-electron chi connectivity index (χ2n) is 4.58. The summed E-state index contributed by atoms with van der Waals surface area (Å²) in [6, 6.07) is 0. The molecule has 0 aromatic rings. The molecule has 1 fully saturated rings. The van der Waals surface area contributed by atoms with Gasteiger partial charge >= 0.3 is 5.97 Å². The highest BCUT2D eigenvalue weighted by Crippen LogP contribution is 2.29. The fourth-order valence-corrected chi connectivity index (χ4v) is 2.35. The number of halogens is 1. The number of aliphatic carboxylic acids is 1. The second kappa shape index (κ2) is 6.92. The average Bonchev–Trinajstić information content (AvgIpc) is 2.29. The normalized spacial score (nSPS) is 26.8. The van der Waals surface area contributed by atoms with Crippen LogP contribution in [0.3, 0.4) is 0 Å². The molecule has 0 saturated heterocycles. The average molecular weight is 246 g/mol. The standard InChI is InChI=1S/C12H20ClNO2/c1-9(6-13)7-14-8-10-4-2-3-5-11(10)12(15)16/h6,10-11,14H,2-5,7-8H2,1H3,(H,15,16). The molecular weight excluding hydrogens is 226 g/mol. The Balaban J connectivity index is 2.35. The molecule has 2 unspecified atom stereocenters. The first-order valence-electron chi connectivity index (χ1n) is 5.84. The molecule has 2 N–H and O–H groups in total. The van der Waals surface area contributed by atoms with Gasteiger partial charge in [-0.05, 0) is 37.8 Å². The van der Waals surface area contributed by atoms with Gasteiger partial charge in [-0.3, -0.25) is 4.79 Å². The van der Waals surface area contributed by atoms with Crippen molar-refractivity contribution < 1.29 is 9.90 Å². The second-order valence-corrected chi connectivity index (χ2v) is 4.79. The highest BCUT2D eigenvalue weighted by Gasteiger charge is 2.30. The Hall–Kier alpha value is -0.540. The van der Waals surface area contributed by atoms with Gasteiger partial charge in [-0.25, -0.2) is 0 Å². The molecule has 0 radical (unpaired) electrons. The number of carboxylic acid groups (broad SMARTS) is 1. The topological polar surface area (TPSA) is 49.3 Å². The van der Waals surface area contributed by atoms with Crippen molar-refractivity contribution in [3.63, 3.8) is 0 Å². The van der Waals surface area contributed by atoms with E-state index in [2.05, 4.69) is 5.32 Å². The summed E-state index contributed by atoms with van der Waals surface area (Å²) in [5, 5.41) is 12.4. The Kier molecular flexibility index (Phi) is 5.85. The lowest BCUT2D eigenvalue weighted by molar-refractivity contribution is -0.144.